The van der Waals surface area contributed by atoms with Gasteiger partial charge in [0.1, 0.15) is 0 Å². The summed E-state index contributed by atoms with van der Waals surface area (Å²) in [7, 11) is 0. The molecule has 3 rings (SSSR count). The maximum Gasteiger partial charge on any atom is 0.348 e. The van der Waals surface area contributed by atoms with Crippen LogP contribution in [0.15, 0.2) is 60.7 Å². The summed E-state index contributed by atoms with van der Waals surface area (Å²) >= 11 is 0. The zero-order valence-corrected chi connectivity index (χ0v) is 12.0. The van der Waals surface area contributed by atoms with Gasteiger partial charge in [-0.2, -0.15) is 0 Å². The minimum absolute atomic E-state index is 0.337. The number of carbonyl (C=O) groups excluding carboxylic acids is 2. The molecule has 1 saturated heterocycles. The molecule has 0 spiro atoms. The van der Waals surface area contributed by atoms with Gasteiger partial charge >= 0.3 is 11.9 Å². The fourth-order valence-electron chi connectivity index (χ4n) is 2.43. The Labute approximate surface area is 128 Å². The van der Waals surface area contributed by atoms with Gasteiger partial charge in [-0.15, -0.1) is 0 Å². The molecular weight excluding hydrogens is 280 g/mol. The van der Waals surface area contributed by atoms with Gasteiger partial charge < -0.3 is 9.47 Å². The molecule has 0 aromatic heterocycles. The first kappa shape index (κ1) is 14.3. The zero-order chi connectivity index (χ0) is 15.4. The zero-order valence-electron chi connectivity index (χ0n) is 12.0. The van der Waals surface area contributed by atoms with Crippen LogP contribution in [-0.4, -0.2) is 24.1 Å². The SMILES string of the molecule is O=C1OC(Cc2ccccc2)C(=O)OC1Cc1ccccc1. The van der Waals surface area contributed by atoms with Crippen molar-refractivity contribution >= 4 is 11.9 Å². The van der Waals surface area contributed by atoms with E-state index in [0.29, 0.717) is 12.8 Å². The lowest BCUT2D eigenvalue weighted by atomic mass is 10.0. The highest BCUT2D eigenvalue weighted by atomic mass is 16.6. The number of hydrogen-bond acceptors (Lipinski definition) is 4. The molecule has 0 bridgehead atoms. The van der Waals surface area contributed by atoms with E-state index in [2.05, 4.69) is 0 Å². The van der Waals surface area contributed by atoms with Gasteiger partial charge in [-0.25, -0.2) is 9.59 Å². The van der Waals surface area contributed by atoms with Crippen molar-refractivity contribution < 1.29 is 19.1 Å². The Bertz CT molecular complexity index is 592. The number of rotatable bonds is 4. The minimum Gasteiger partial charge on any atom is -0.447 e. The molecule has 0 amide bonds. The van der Waals surface area contributed by atoms with Crippen LogP contribution in [0, 0.1) is 0 Å². The summed E-state index contributed by atoms with van der Waals surface area (Å²) in [4.78, 5) is 24.1. The van der Waals surface area contributed by atoms with Gasteiger partial charge in [-0.1, -0.05) is 60.7 Å². The van der Waals surface area contributed by atoms with E-state index < -0.39 is 24.1 Å². The van der Waals surface area contributed by atoms with E-state index in [9.17, 15) is 9.59 Å². The Hall–Kier alpha value is -2.62. The minimum atomic E-state index is -0.859. The van der Waals surface area contributed by atoms with Crippen LogP contribution >= 0.6 is 0 Å². The van der Waals surface area contributed by atoms with Crippen molar-refractivity contribution in [2.45, 2.75) is 25.0 Å². The van der Waals surface area contributed by atoms with Crippen LogP contribution < -0.4 is 0 Å². The van der Waals surface area contributed by atoms with E-state index >= 15 is 0 Å². The van der Waals surface area contributed by atoms with Gasteiger partial charge in [0.15, 0.2) is 0 Å². The molecule has 2 aromatic rings. The molecule has 1 fully saturated rings. The van der Waals surface area contributed by atoms with E-state index in [0.717, 1.165) is 11.1 Å². The number of esters is 2. The topological polar surface area (TPSA) is 52.6 Å². The van der Waals surface area contributed by atoms with Gasteiger partial charge in [0.05, 0.1) is 0 Å². The van der Waals surface area contributed by atoms with Gasteiger partial charge in [-0.05, 0) is 11.1 Å². The fourth-order valence-corrected chi connectivity index (χ4v) is 2.43. The van der Waals surface area contributed by atoms with Gasteiger partial charge in [0.25, 0.3) is 0 Å². The number of ether oxygens (including phenoxy) is 2. The third-order valence-electron chi connectivity index (χ3n) is 3.57. The van der Waals surface area contributed by atoms with Crippen LogP contribution in [0.3, 0.4) is 0 Å². The summed E-state index contributed by atoms with van der Waals surface area (Å²) < 4.78 is 10.5. The molecule has 0 radical (unpaired) electrons. The lowest BCUT2D eigenvalue weighted by Gasteiger charge is -2.27. The van der Waals surface area contributed by atoms with Crippen molar-refractivity contribution in [3.63, 3.8) is 0 Å². The van der Waals surface area contributed by atoms with Crippen LogP contribution in [-0.2, 0) is 31.9 Å². The van der Waals surface area contributed by atoms with Crippen LogP contribution in [0.2, 0.25) is 0 Å². The molecule has 1 heterocycles. The maximum atomic E-state index is 12.0. The van der Waals surface area contributed by atoms with Crippen molar-refractivity contribution in [3.8, 4) is 0 Å². The van der Waals surface area contributed by atoms with Gasteiger partial charge in [-0.3, -0.25) is 0 Å². The molecule has 1 aliphatic heterocycles. The van der Waals surface area contributed by atoms with Crippen molar-refractivity contribution in [1.82, 2.24) is 0 Å². The number of carbonyl (C=O) groups is 2. The summed E-state index contributed by atoms with van der Waals surface area (Å²) in [5, 5.41) is 0. The normalized spacial score (nSPS) is 21.1. The van der Waals surface area contributed by atoms with Crippen molar-refractivity contribution in [2.75, 3.05) is 0 Å². The first-order chi connectivity index (χ1) is 10.7. The van der Waals surface area contributed by atoms with E-state index in [1.807, 2.05) is 60.7 Å². The summed E-state index contributed by atoms with van der Waals surface area (Å²) in [5.74, 6) is -0.964. The van der Waals surface area contributed by atoms with Crippen LogP contribution in [0.4, 0.5) is 0 Å². The second-order valence-corrected chi connectivity index (χ2v) is 5.23. The predicted molar refractivity (Wildman–Crippen MR) is 80.1 cm³/mol. The third-order valence-corrected chi connectivity index (χ3v) is 3.57. The number of hydrogen-bond donors (Lipinski definition) is 0. The van der Waals surface area contributed by atoms with E-state index in [1.54, 1.807) is 0 Å². The predicted octanol–water partition coefficient (Wildman–Crippen LogP) is 2.31. The first-order valence-corrected chi connectivity index (χ1v) is 7.21. The Morgan fingerprint density at radius 2 is 1.00 bits per heavy atom. The average molecular weight is 296 g/mol. The van der Waals surface area contributed by atoms with Crippen LogP contribution in [0.5, 0.6) is 0 Å². The molecule has 2 unspecified atom stereocenters. The summed E-state index contributed by atoms with van der Waals surface area (Å²) in [6.45, 7) is 0. The highest BCUT2D eigenvalue weighted by Gasteiger charge is 2.38. The van der Waals surface area contributed by atoms with E-state index in [-0.39, 0.29) is 0 Å². The quantitative estimate of drug-likeness (QED) is 0.812. The molecule has 22 heavy (non-hydrogen) atoms. The lowest BCUT2D eigenvalue weighted by Crippen LogP contribution is -2.45. The highest BCUT2D eigenvalue weighted by molar-refractivity contribution is 5.87. The summed E-state index contributed by atoms with van der Waals surface area (Å²) in [6.07, 6.45) is -1.05. The average Bonchev–Trinajstić information content (AvgIpc) is 2.54. The van der Waals surface area contributed by atoms with E-state index in [4.69, 9.17) is 9.47 Å². The Morgan fingerprint density at radius 3 is 1.36 bits per heavy atom. The summed E-state index contributed by atoms with van der Waals surface area (Å²) in [5.41, 5.74) is 1.86. The first-order valence-electron chi connectivity index (χ1n) is 7.21. The largest absolute Gasteiger partial charge is 0.447 e. The van der Waals surface area contributed by atoms with Crippen molar-refractivity contribution in [1.29, 1.82) is 0 Å². The Balaban J connectivity index is 1.64. The molecule has 4 nitrogen and oxygen atoms in total. The molecule has 2 aromatic carbocycles. The van der Waals surface area contributed by atoms with Crippen LogP contribution in [0.25, 0.3) is 0 Å². The highest BCUT2D eigenvalue weighted by Crippen LogP contribution is 2.18. The van der Waals surface area contributed by atoms with Crippen LogP contribution in [0.1, 0.15) is 11.1 Å². The number of benzene rings is 2. The Kier molecular flexibility index (Phi) is 4.19. The maximum absolute atomic E-state index is 12.0. The lowest BCUT2D eigenvalue weighted by molar-refractivity contribution is -0.194. The molecule has 0 N–H and O–H groups in total. The molecule has 2 atom stereocenters. The van der Waals surface area contributed by atoms with Gasteiger partial charge in [0, 0.05) is 12.8 Å². The van der Waals surface area contributed by atoms with E-state index in [1.165, 1.54) is 0 Å². The van der Waals surface area contributed by atoms with Crippen molar-refractivity contribution in [3.05, 3.63) is 71.8 Å². The Morgan fingerprint density at radius 1 is 0.636 bits per heavy atom. The standard InChI is InChI=1S/C18H16O4/c19-17-15(11-13-7-3-1-4-8-13)21-18(20)16(22-17)12-14-9-5-2-6-10-14/h1-10,15-16H,11-12H2. The number of cyclic esters (lactones) is 2. The van der Waals surface area contributed by atoms with Gasteiger partial charge in [0.2, 0.25) is 12.2 Å². The smallest absolute Gasteiger partial charge is 0.348 e. The van der Waals surface area contributed by atoms with Crippen molar-refractivity contribution in [2.24, 2.45) is 0 Å². The molecule has 0 saturated carbocycles. The monoisotopic (exact) mass is 296 g/mol. The molecule has 4 heteroatoms. The second-order valence-electron chi connectivity index (χ2n) is 5.23. The summed E-state index contributed by atoms with van der Waals surface area (Å²) in [6, 6.07) is 18.8. The molecule has 112 valence electrons. The fraction of sp³-hybridized carbons (Fsp3) is 0.222. The second kappa shape index (κ2) is 6.43. The third kappa shape index (κ3) is 3.34. The molecule has 0 aliphatic carbocycles. The molecular formula is C18H16O4. The molecule has 1 aliphatic rings.